The van der Waals surface area contributed by atoms with Gasteiger partial charge in [-0.2, -0.15) is 79.0 Å². The predicted molar refractivity (Wildman–Crippen MR) is 261 cm³/mol. The van der Waals surface area contributed by atoms with E-state index in [1.54, 1.807) is 0 Å². The van der Waals surface area contributed by atoms with Gasteiger partial charge in [0, 0.05) is 0 Å². The fourth-order valence-electron chi connectivity index (χ4n) is 9.30. The molecule has 6 aromatic carbocycles. The van der Waals surface area contributed by atoms with E-state index < -0.39 is 266 Å². The first-order chi connectivity index (χ1) is 42.8. The lowest BCUT2D eigenvalue weighted by Crippen LogP contribution is -2.25. The second kappa shape index (κ2) is 24.4. The van der Waals surface area contributed by atoms with Crippen molar-refractivity contribution in [2.24, 2.45) is 0 Å². The van der Waals surface area contributed by atoms with E-state index in [1.165, 1.54) is 0 Å². The number of hydrogen-bond donors (Lipinski definition) is 8. The highest BCUT2D eigenvalue weighted by molar-refractivity contribution is 6.15. The summed E-state index contributed by atoms with van der Waals surface area (Å²) >= 11 is 0. The molecule has 0 atom stereocenters. The molecule has 0 radical (unpaired) electrons. The SMILES string of the molecule is O=C(OC(=O)c1c(C(=O)O)ccc(-c2ccc(C(=O)O)c(C(=O)O)c2C(F)(F)F)c1C(F)(F)F)c1cc(-c2cc(C(=O)OC(=O)c3c(C(=O)O)ccc(-c4ccc(C(=O)O)c(C(=O)O)c4C(F)(F)F)c3C(F)(F)F)c(C(=O)O)c(C(F)(F)F)c2)cc(C(F)(F)F)c1C(=O)O. The van der Waals surface area contributed by atoms with Crippen LogP contribution in [0.25, 0.3) is 33.4 Å². The number of rotatable bonds is 15. The Morgan fingerprint density at radius 2 is 0.457 bits per heavy atom. The summed E-state index contributed by atoms with van der Waals surface area (Å²) in [6, 6.07) is -3.35. The highest BCUT2D eigenvalue weighted by Crippen LogP contribution is 2.50. The standard InChI is InChI=1S/C54H20F18O22/c55-49(56,57)25-11-13(9-23(27(25)41(81)82)45(89)93-47(91)31-21(39(77)78)7-3-17(35(31)53(67,68)69)15-1-5-19(37(73)74)29(43(85)86)33(15)51(61,62)63)14-10-24(28(42(83)84)26(12-14)50(58,59)60)46(90)94-48(92)32-22(40(79)80)8-4-18(36(32)54(70,71)72)16-2-6-20(38(75)76)30(44(87)88)34(16)52(64,65)66/h1-12H,(H,73,74)(H,75,76)(H,77,78)(H,79,80)(H,81,82)(H,83,84)(H,85,86)(H,87,88). The number of alkyl halides is 18. The zero-order valence-corrected chi connectivity index (χ0v) is 44.0. The molecule has 0 unspecified atom stereocenters. The monoisotopic (exact) mass is 1360 g/mol. The molecule has 6 aromatic rings. The van der Waals surface area contributed by atoms with Crippen molar-refractivity contribution >= 4 is 71.6 Å². The Bertz CT molecular complexity index is 4120. The lowest BCUT2D eigenvalue weighted by atomic mass is 9.86. The smallest absolute Gasteiger partial charge is 0.417 e. The molecule has 0 spiro atoms. The second-order valence-electron chi connectivity index (χ2n) is 18.3. The number of esters is 4. The number of aromatic carboxylic acids is 8. The molecule has 40 heteroatoms. The molecule has 0 amide bonds. The molecule has 0 saturated carbocycles. The van der Waals surface area contributed by atoms with Crippen molar-refractivity contribution in [1.29, 1.82) is 0 Å². The molecule has 0 aliphatic carbocycles. The van der Waals surface area contributed by atoms with Crippen LogP contribution in [-0.4, -0.2) is 112 Å². The van der Waals surface area contributed by atoms with Crippen molar-refractivity contribution in [2.45, 2.75) is 37.1 Å². The lowest BCUT2D eigenvalue weighted by molar-refractivity contribution is -0.139. The van der Waals surface area contributed by atoms with Crippen molar-refractivity contribution in [3.63, 3.8) is 0 Å². The molecule has 0 aliphatic rings. The zero-order valence-electron chi connectivity index (χ0n) is 44.0. The minimum absolute atomic E-state index is 0.0403. The van der Waals surface area contributed by atoms with E-state index in [1.807, 2.05) is 0 Å². The largest absolute Gasteiger partial charge is 0.478 e. The Kier molecular flexibility index (Phi) is 18.5. The molecular formula is C54H20F18O22. The van der Waals surface area contributed by atoms with Gasteiger partial charge in [0.1, 0.15) is 0 Å². The van der Waals surface area contributed by atoms with E-state index >= 15 is 26.3 Å². The number of carbonyl (C=O) groups excluding carboxylic acids is 4. The van der Waals surface area contributed by atoms with E-state index in [0.29, 0.717) is 0 Å². The molecule has 0 aromatic heterocycles. The van der Waals surface area contributed by atoms with Crippen molar-refractivity contribution in [1.82, 2.24) is 0 Å². The second-order valence-corrected chi connectivity index (χ2v) is 18.3. The molecule has 0 fully saturated rings. The van der Waals surface area contributed by atoms with Crippen molar-refractivity contribution in [3.05, 3.63) is 173 Å². The molecule has 0 heterocycles. The fourth-order valence-corrected chi connectivity index (χ4v) is 9.30. The number of carbonyl (C=O) groups is 12. The summed E-state index contributed by atoms with van der Waals surface area (Å²) in [5.74, 6) is -34.6. The molecule has 0 bridgehead atoms. The average Bonchev–Trinajstić information content (AvgIpc) is 0.748. The molecular weight excluding hydrogens is 1340 g/mol. The maximum Gasteiger partial charge on any atom is 0.417 e. The van der Waals surface area contributed by atoms with E-state index in [2.05, 4.69) is 9.47 Å². The first-order valence-electron chi connectivity index (χ1n) is 23.7. The van der Waals surface area contributed by atoms with Gasteiger partial charge in [-0.1, -0.05) is 24.3 Å². The number of carboxylic acid groups (broad SMARTS) is 8. The van der Waals surface area contributed by atoms with Crippen LogP contribution in [0.4, 0.5) is 79.0 Å². The van der Waals surface area contributed by atoms with Gasteiger partial charge in [-0.05, 0) is 81.9 Å². The quantitative estimate of drug-likeness (QED) is 0.0269. The maximum atomic E-state index is 15.2. The molecule has 6 rings (SSSR count). The van der Waals surface area contributed by atoms with Gasteiger partial charge in [0.15, 0.2) is 0 Å². The van der Waals surface area contributed by atoms with Crippen LogP contribution in [0.5, 0.6) is 0 Å². The van der Waals surface area contributed by atoms with Crippen molar-refractivity contribution < 1.29 is 187 Å². The summed E-state index contributed by atoms with van der Waals surface area (Å²) in [5.41, 5.74) is -57.0. The molecule has 94 heavy (non-hydrogen) atoms. The third-order valence-corrected chi connectivity index (χ3v) is 12.8. The summed E-state index contributed by atoms with van der Waals surface area (Å²) in [7, 11) is 0. The highest BCUT2D eigenvalue weighted by atomic mass is 19.4. The first-order valence-corrected chi connectivity index (χ1v) is 23.7. The van der Waals surface area contributed by atoms with Crippen molar-refractivity contribution in [2.75, 3.05) is 0 Å². The molecule has 0 saturated heterocycles. The van der Waals surface area contributed by atoms with Gasteiger partial charge >= 0.3 is 109 Å². The molecule has 494 valence electrons. The summed E-state index contributed by atoms with van der Waals surface area (Å²) in [5, 5.41) is 77.6. The van der Waals surface area contributed by atoms with Crippen LogP contribution < -0.4 is 0 Å². The van der Waals surface area contributed by atoms with Gasteiger partial charge in [0.25, 0.3) is 0 Å². The Balaban J connectivity index is 1.64. The summed E-state index contributed by atoms with van der Waals surface area (Å²) in [6.45, 7) is 0. The van der Waals surface area contributed by atoms with Crippen LogP contribution in [0.1, 0.15) is 158 Å². The van der Waals surface area contributed by atoms with Crippen LogP contribution in [-0.2, 0) is 46.5 Å². The van der Waals surface area contributed by atoms with Crippen LogP contribution in [0, 0.1) is 0 Å². The molecule has 0 aliphatic heterocycles. The summed E-state index contributed by atoms with van der Waals surface area (Å²) < 4.78 is 277. The number of halogens is 18. The number of ether oxygens (including phenoxy) is 2. The normalized spacial score (nSPS) is 12.1. The van der Waals surface area contributed by atoms with Gasteiger partial charge in [-0.15, -0.1) is 0 Å². The third-order valence-electron chi connectivity index (χ3n) is 12.8. The minimum atomic E-state index is -6.48. The van der Waals surface area contributed by atoms with E-state index in [9.17, 15) is 151 Å². The lowest BCUT2D eigenvalue weighted by Gasteiger charge is -2.23. The third kappa shape index (κ3) is 13.6. The number of benzene rings is 6. The van der Waals surface area contributed by atoms with Gasteiger partial charge < -0.3 is 50.3 Å². The minimum Gasteiger partial charge on any atom is -0.478 e. The van der Waals surface area contributed by atoms with E-state index in [-0.39, 0.29) is 48.5 Å². The highest BCUT2D eigenvalue weighted by Gasteiger charge is 2.50. The summed E-state index contributed by atoms with van der Waals surface area (Å²) in [4.78, 5) is 153. The first kappa shape index (κ1) is 71.2. The van der Waals surface area contributed by atoms with Gasteiger partial charge in [0.2, 0.25) is 0 Å². The van der Waals surface area contributed by atoms with Crippen LogP contribution >= 0.6 is 0 Å². The van der Waals surface area contributed by atoms with E-state index in [0.717, 1.165) is 0 Å². The van der Waals surface area contributed by atoms with Crippen molar-refractivity contribution in [3.8, 4) is 33.4 Å². The Morgan fingerprint density at radius 3 is 0.649 bits per heavy atom. The van der Waals surface area contributed by atoms with Gasteiger partial charge in [-0.25, -0.2) is 57.5 Å². The number of hydrogen-bond acceptors (Lipinski definition) is 14. The predicted octanol–water partition coefficient (Wildman–Crippen LogP) is 12.4. The fraction of sp³-hybridized carbons (Fsp3) is 0.111. The molecule has 8 N–H and O–H groups in total. The van der Waals surface area contributed by atoms with Gasteiger partial charge in [-0.3, -0.25) is 0 Å². The Morgan fingerprint density at radius 1 is 0.245 bits per heavy atom. The topological polar surface area (TPSA) is 385 Å². The van der Waals surface area contributed by atoms with E-state index in [4.69, 9.17) is 0 Å². The van der Waals surface area contributed by atoms with Crippen LogP contribution in [0.3, 0.4) is 0 Å². The zero-order chi connectivity index (χ0) is 71.7. The van der Waals surface area contributed by atoms with Crippen LogP contribution in [0.15, 0.2) is 72.8 Å². The molecule has 22 nitrogen and oxygen atoms in total. The summed E-state index contributed by atoms with van der Waals surface area (Å²) in [6.07, 6.45) is -38.1. The number of carboxylic acids is 8. The average molecular weight is 1360 g/mol. The Hall–Kier alpha value is -11.9. The van der Waals surface area contributed by atoms with Gasteiger partial charge in [0.05, 0.1) is 100 Å². The Labute approximate surface area is 501 Å². The maximum absolute atomic E-state index is 15.2. The van der Waals surface area contributed by atoms with Crippen LogP contribution in [0.2, 0.25) is 0 Å².